The fraction of sp³-hybridized carbons (Fsp3) is 0.538. The summed E-state index contributed by atoms with van der Waals surface area (Å²) in [5.41, 5.74) is 6.60. The summed E-state index contributed by atoms with van der Waals surface area (Å²) in [5.74, 6) is -2.05. The minimum Gasteiger partial charge on any atom is -0.547 e. The van der Waals surface area contributed by atoms with Gasteiger partial charge in [0.2, 0.25) is 0 Å². The second-order valence-electron chi connectivity index (χ2n) is 5.91. The average molecular weight is 320 g/mol. The largest absolute Gasteiger partial charge is 0.547 e. The summed E-state index contributed by atoms with van der Waals surface area (Å²) >= 11 is 0. The third-order valence-electron chi connectivity index (χ3n) is 3.92. The number of hydrogen-bond donors (Lipinski definition) is 1. The Balaban J connectivity index is 1.78. The molecule has 10 nitrogen and oxygen atoms in total. The Kier molecular flexibility index (Phi) is 2.86. The highest BCUT2D eigenvalue weighted by Gasteiger charge is 2.56. The zero-order valence-corrected chi connectivity index (χ0v) is 12.4. The van der Waals surface area contributed by atoms with Gasteiger partial charge in [0.05, 0.1) is 12.3 Å². The molecule has 4 rings (SSSR count). The molecule has 0 saturated carbocycles. The van der Waals surface area contributed by atoms with Gasteiger partial charge in [-0.05, 0) is 13.8 Å². The van der Waals surface area contributed by atoms with Crippen molar-refractivity contribution < 1.29 is 24.1 Å². The monoisotopic (exact) mass is 320 g/mol. The summed E-state index contributed by atoms with van der Waals surface area (Å²) in [5, 5.41) is 11.3. The Morgan fingerprint density at radius 1 is 1.30 bits per heavy atom. The minimum atomic E-state index is -1.36. The molecule has 2 aromatic heterocycles. The molecule has 0 amide bonds. The number of imidazole rings is 1. The van der Waals surface area contributed by atoms with E-state index in [1.54, 1.807) is 18.4 Å². The zero-order valence-electron chi connectivity index (χ0n) is 12.4. The third-order valence-corrected chi connectivity index (χ3v) is 3.92. The van der Waals surface area contributed by atoms with E-state index in [1.807, 2.05) is 0 Å². The predicted octanol–water partition coefficient (Wildman–Crippen LogP) is -1.42. The highest BCUT2D eigenvalue weighted by molar-refractivity contribution is 5.81. The number of nitrogen functional groups attached to an aromatic ring is 1. The normalized spacial score (nSPS) is 32.3. The number of carbonyl (C=O) groups is 1. The van der Waals surface area contributed by atoms with Crippen LogP contribution in [0, 0.1) is 0 Å². The van der Waals surface area contributed by atoms with Gasteiger partial charge >= 0.3 is 0 Å². The van der Waals surface area contributed by atoms with Crippen molar-refractivity contribution in [2.24, 2.45) is 0 Å². The second kappa shape index (κ2) is 4.60. The van der Waals surface area contributed by atoms with Crippen molar-refractivity contribution in [3.05, 3.63) is 12.7 Å². The van der Waals surface area contributed by atoms with Crippen molar-refractivity contribution in [2.45, 2.75) is 44.2 Å². The summed E-state index contributed by atoms with van der Waals surface area (Å²) in [6, 6.07) is 0. The molecule has 2 N–H and O–H groups in total. The van der Waals surface area contributed by atoms with Crippen LogP contribution < -0.4 is 10.8 Å². The molecule has 23 heavy (non-hydrogen) atoms. The first-order chi connectivity index (χ1) is 10.9. The maximum atomic E-state index is 11.3. The molecule has 2 aromatic rings. The number of hydrogen-bond acceptors (Lipinski definition) is 9. The van der Waals surface area contributed by atoms with Crippen LogP contribution in [0.25, 0.3) is 11.2 Å². The number of fused-ring (bicyclic) bond motifs is 2. The average Bonchev–Trinajstić information content (AvgIpc) is 3.09. The molecule has 0 aromatic carbocycles. The standard InChI is InChI=1S/C13H15N5O5/c1-13(2)22-6-7(23-13)11(21-8(6)12(19)20)18-4-17-5-9(14)15-3-16-10(5)18/h3-4,6-8,11H,1-2H3,(H,19,20)(H2,14,15,16)/p-1/t6-,7-,8+,11-/m1/s1. The number of nitrogens with zero attached hydrogens (tertiary/aromatic N) is 4. The molecule has 0 radical (unpaired) electrons. The van der Waals surface area contributed by atoms with Crippen molar-refractivity contribution in [3.8, 4) is 0 Å². The van der Waals surface area contributed by atoms with E-state index >= 15 is 0 Å². The number of carbonyl (C=O) groups excluding carboxylic acids is 1. The van der Waals surface area contributed by atoms with Gasteiger partial charge in [0, 0.05) is 0 Å². The molecule has 0 spiro atoms. The Bertz CT molecular complexity index is 790. The zero-order chi connectivity index (χ0) is 16.4. The van der Waals surface area contributed by atoms with Gasteiger partial charge in [-0.1, -0.05) is 0 Å². The first-order valence-electron chi connectivity index (χ1n) is 7.02. The topological polar surface area (TPSA) is 137 Å². The maximum Gasteiger partial charge on any atom is 0.167 e. The SMILES string of the molecule is CC1(C)O[C@@H]2[C@@H](O1)[C@H](n1cnc3c(N)ncnc31)O[C@@H]2C(=O)[O-]. The van der Waals surface area contributed by atoms with Crippen LogP contribution in [0.5, 0.6) is 0 Å². The Labute approximate surface area is 130 Å². The summed E-state index contributed by atoms with van der Waals surface area (Å²) in [6.07, 6.45) is -0.677. The van der Waals surface area contributed by atoms with Crippen LogP contribution in [0.1, 0.15) is 20.1 Å². The van der Waals surface area contributed by atoms with E-state index in [2.05, 4.69) is 15.0 Å². The number of rotatable bonds is 2. The van der Waals surface area contributed by atoms with E-state index in [4.69, 9.17) is 19.9 Å². The highest BCUT2D eigenvalue weighted by atomic mass is 16.8. The van der Waals surface area contributed by atoms with Crippen LogP contribution in [0.2, 0.25) is 0 Å². The molecule has 10 heteroatoms. The fourth-order valence-electron chi connectivity index (χ4n) is 3.05. The molecule has 4 atom stereocenters. The van der Waals surface area contributed by atoms with Gasteiger partial charge in [-0.15, -0.1) is 0 Å². The number of aromatic nitrogens is 4. The molecule has 2 aliphatic rings. The smallest absolute Gasteiger partial charge is 0.167 e. The summed E-state index contributed by atoms with van der Waals surface area (Å²) in [7, 11) is 0. The Morgan fingerprint density at radius 3 is 2.78 bits per heavy atom. The van der Waals surface area contributed by atoms with Crippen molar-refractivity contribution in [1.29, 1.82) is 0 Å². The van der Waals surface area contributed by atoms with Gasteiger partial charge < -0.3 is 29.8 Å². The first-order valence-corrected chi connectivity index (χ1v) is 7.02. The van der Waals surface area contributed by atoms with E-state index in [9.17, 15) is 9.90 Å². The summed E-state index contributed by atoms with van der Waals surface area (Å²) in [4.78, 5) is 23.5. The van der Waals surface area contributed by atoms with Gasteiger partial charge in [-0.3, -0.25) is 4.57 Å². The lowest BCUT2D eigenvalue weighted by atomic mass is 10.1. The van der Waals surface area contributed by atoms with Crippen LogP contribution in [0.15, 0.2) is 12.7 Å². The van der Waals surface area contributed by atoms with Crippen molar-refractivity contribution >= 4 is 23.0 Å². The van der Waals surface area contributed by atoms with Gasteiger partial charge in [-0.25, -0.2) is 15.0 Å². The maximum absolute atomic E-state index is 11.3. The van der Waals surface area contributed by atoms with Crippen LogP contribution in [-0.4, -0.2) is 49.6 Å². The number of ether oxygens (including phenoxy) is 3. The Morgan fingerprint density at radius 2 is 2.04 bits per heavy atom. The van der Waals surface area contributed by atoms with E-state index in [-0.39, 0.29) is 5.82 Å². The molecule has 0 bridgehead atoms. The molecule has 2 saturated heterocycles. The van der Waals surface area contributed by atoms with Gasteiger partial charge in [0.1, 0.15) is 30.2 Å². The number of nitrogens with two attached hydrogens (primary N) is 1. The third kappa shape index (κ3) is 2.06. The lowest BCUT2D eigenvalue weighted by molar-refractivity contribution is -0.321. The molecule has 4 heterocycles. The van der Waals surface area contributed by atoms with E-state index < -0.39 is 36.3 Å². The van der Waals surface area contributed by atoms with E-state index in [0.717, 1.165) is 0 Å². The number of carboxylic acids is 1. The number of aliphatic carboxylic acids is 1. The van der Waals surface area contributed by atoms with Crippen LogP contribution in [0.3, 0.4) is 0 Å². The molecule has 122 valence electrons. The Hall–Kier alpha value is -2.30. The fourth-order valence-corrected chi connectivity index (χ4v) is 3.05. The van der Waals surface area contributed by atoms with Crippen LogP contribution in [0.4, 0.5) is 5.82 Å². The van der Waals surface area contributed by atoms with Crippen LogP contribution >= 0.6 is 0 Å². The van der Waals surface area contributed by atoms with Gasteiger partial charge in [0.25, 0.3) is 0 Å². The second-order valence-corrected chi connectivity index (χ2v) is 5.91. The minimum absolute atomic E-state index is 0.226. The van der Waals surface area contributed by atoms with Gasteiger partial charge in [-0.2, -0.15) is 0 Å². The number of carboxylic acid groups (broad SMARTS) is 1. The molecular weight excluding hydrogens is 306 g/mol. The molecule has 0 aliphatic carbocycles. The van der Waals surface area contributed by atoms with E-state index in [0.29, 0.717) is 11.2 Å². The molecule has 0 unspecified atom stereocenters. The number of anilines is 1. The van der Waals surface area contributed by atoms with E-state index in [1.165, 1.54) is 12.7 Å². The summed E-state index contributed by atoms with van der Waals surface area (Å²) in [6.45, 7) is 3.42. The molecule has 2 aliphatic heterocycles. The van der Waals surface area contributed by atoms with Crippen molar-refractivity contribution in [2.75, 3.05) is 5.73 Å². The van der Waals surface area contributed by atoms with Crippen molar-refractivity contribution in [1.82, 2.24) is 19.5 Å². The first kappa shape index (κ1) is 14.3. The predicted molar refractivity (Wildman–Crippen MR) is 72.5 cm³/mol. The lowest BCUT2D eigenvalue weighted by Gasteiger charge is -2.25. The quantitative estimate of drug-likeness (QED) is 0.706. The molecular formula is C13H14N5O5-. The lowest BCUT2D eigenvalue weighted by Crippen LogP contribution is -2.43. The summed E-state index contributed by atoms with van der Waals surface area (Å²) < 4.78 is 18.6. The van der Waals surface area contributed by atoms with Gasteiger partial charge in [0.15, 0.2) is 23.5 Å². The molecule has 2 fully saturated rings. The van der Waals surface area contributed by atoms with Crippen LogP contribution in [-0.2, 0) is 19.0 Å². The highest BCUT2D eigenvalue weighted by Crippen LogP contribution is 2.43. The van der Waals surface area contributed by atoms with Crippen molar-refractivity contribution in [3.63, 3.8) is 0 Å².